The summed E-state index contributed by atoms with van der Waals surface area (Å²) in [6.07, 6.45) is 1.53. The van der Waals surface area contributed by atoms with Gasteiger partial charge in [0, 0.05) is 25.2 Å². The van der Waals surface area contributed by atoms with Gasteiger partial charge in [0.2, 0.25) is 0 Å². The first-order chi connectivity index (χ1) is 12.3. The first kappa shape index (κ1) is 15.3. The highest BCUT2D eigenvalue weighted by Gasteiger charge is 2.17. The van der Waals surface area contributed by atoms with Crippen molar-refractivity contribution in [1.29, 1.82) is 0 Å². The number of rotatable bonds is 1. The van der Waals surface area contributed by atoms with E-state index in [0.29, 0.717) is 36.7 Å². The van der Waals surface area contributed by atoms with Gasteiger partial charge < -0.3 is 20.7 Å². The highest BCUT2D eigenvalue weighted by atomic mass is 16.5. The molecule has 3 aromatic rings. The van der Waals surface area contributed by atoms with Crippen LogP contribution < -0.4 is 20.7 Å². The second-order valence-corrected chi connectivity index (χ2v) is 5.64. The van der Waals surface area contributed by atoms with Crippen LogP contribution in [0.25, 0.3) is 5.65 Å². The Hall–Kier alpha value is -3.29. The van der Waals surface area contributed by atoms with E-state index in [2.05, 4.69) is 26.0 Å². The van der Waals surface area contributed by atoms with Crippen molar-refractivity contribution in [3.63, 3.8) is 0 Å². The van der Waals surface area contributed by atoms with Gasteiger partial charge in [-0.3, -0.25) is 4.79 Å². The highest BCUT2D eigenvalue weighted by molar-refractivity contribution is 6.00. The SMILES string of the molecule is CNc1cc2nc3c(cnn13)C(=O)NCCOc1ccccc1CN2. The lowest BCUT2D eigenvalue weighted by molar-refractivity contribution is 0.0948. The molecule has 0 radical (unpaired) electrons. The number of nitrogens with zero attached hydrogens (tertiary/aromatic N) is 3. The third-order valence-electron chi connectivity index (χ3n) is 4.05. The Labute approximate surface area is 144 Å². The third-order valence-corrected chi connectivity index (χ3v) is 4.05. The lowest BCUT2D eigenvalue weighted by atomic mass is 10.2. The molecule has 128 valence electrons. The molecule has 0 unspecified atom stereocenters. The van der Waals surface area contributed by atoms with E-state index in [4.69, 9.17) is 4.74 Å². The molecule has 2 aromatic heterocycles. The third kappa shape index (κ3) is 2.82. The number of carbonyl (C=O) groups excluding carboxylic acids is 1. The van der Waals surface area contributed by atoms with Crippen LogP contribution in [0.5, 0.6) is 5.75 Å². The number of fused-ring (bicyclic) bond motifs is 2. The lowest BCUT2D eigenvalue weighted by Crippen LogP contribution is -2.28. The average Bonchev–Trinajstić information content (AvgIpc) is 3.07. The molecule has 4 rings (SSSR count). The van der Waals surface area contributed by atoms with Crippen LogP contribution in [-0.2, 0) is 6.54 Å². The molecule has 1 aromatic carbocycles. The first-order valence-electron chi connectivity index (χ1n) is 8.05. The average molecular weight is 338 g/mol. The minimum atomic E-state index is -0.224. The van der Waals surface area contributed by atoms with Gasteiger partial charge in [-0.05, 0) is 6.07 Å². The maximum absolute atomic E-state index is 12.4. The molecule has 8 nitrogen and oxygen atoms in total. The van der Waals surface area contributed by atoms with E-state index in [0.717, 1.165) is 17.1 Å². The van der Waals surface area contributed by atoms with Crippen LogP contribution in [0.1, 0.15) is 15.9 Å². The molecule has 8 heteroatoms. The van der Waals surface area contributed by atoms with Gasteiger partial charge >= 0.3 is 0 Å². The van der Waals surface area contributed by atoms with Gasteiger partial charge in [-0.2, -0.15) is 9.61 Å². The van der Waals surface area contributed by atoms with Gasteiger partial charge in [0.05, 0.1) is 12.7 Å². The number of anilines is 2. The first-order valence-corrected chi connectivity index (χ1v) is 8.05. The van der Waals surface area contributed by atoms with Crippen LogP contribution in [0.2, 0.25) is 0 Å². The number of ether oxygens (including phenoxy) is 1. The summed E-state index contributed by atoms with van der Waals surface area (Å²) in [4.78, 5) is 17.0. The molecule has 0 fully saturated rings. The van der Waals surface area contributed by atoms with E-state index in [1.54, 1.807) is 11.6 Å². The normalized spacial score (nSPS) is 14.4. The predicted octanol–water partition coefficient (Wildman–Crippen LogP) is 1.51. The largest absolute Gasteiger partial charge is 0.491 e. The number of para-hydroxylation sites is 1. The Kier molecular flexibility index (Phi) is 3.85. The summed E-state index contributed by atoms with van der Waals surface area (Å²) >= 11 is 0. The van der Waals surface area contributed by atoms with E-state index in [1.807, 2.05) is 30.3 Å². The van der Waals surface area contributed by atoms with E-state index in [9.17, 15) is 4.79 Å². The Bertz CT molecular complexity index is 936. The standard InChI is InChI=1S/C17H18N6O2/c1-18-15-8-14-20-9-11-4-2-3-5-13(11)25-7-6-19-17(24)12-10-21-23(15)16(12)22-14/h2-5,8,10,18H,6-7,9H2,1H3,(H,19,24)(H,20,22). The fourth-order valence-corrected chi connectivity index (χ4v) is 2.79. The van der Waals surface area contributed by atoms with Gasteiger partial charge in [-0.25, -0.2) is 4.98 Å². The summed E-state index contributed by atoms with van der Waals surface area (Å²) in [5.41, 5.74) is 1.95. The molecular weight excluding hydrogens is 320 g/mol. The van der Waals surface area contributed by atoms with Gasteiger partial charge in [-0.1, -0.05) is 18.2 Å². The molecule has 1 aliphatic rings. The molecular formula is C17H18N6O2. The van der Waals surface area contributed by atoms with Crippen molar-refractivity contribution in [1.82, 2.24) is 19.9 Å². The molecule has 2 bridgehead atoms. The Morgan fingerprint density at radius 2 is 2.16 bits per heavy atom. The van der Waals surface area contributed by atoms with Crippen LogP contribution in [0.3, 0.4) is 0 Å². The monoisotopic (exact) mass is 338 g/mol. The highest BCUT2D eigenvalue weighted by Crippen LogP contribution is 2.22. The second-order valence-electron chi connectivity index (χ2n) is 5.64. The van der Waals surface area contributed by atoms with Crippen molar-refractivity contribution >= 4 is 23.2 Å². The minimum Gasteiger partial charge on any atom is -0.491 e. The number of nitrogens with one attached hydrogen (secondary N) is 3. The Morgan fingerprint density at radius 1 is 1.28 bits per heavy atom. The smallest absolute Gasteiger partial charge is 0.256 e. The Balaban J connectivity index is 1.80. The van der Waals surface area contributed by atoms with Gasteiger partial charge in [-0.15, -0.1) is 0 Å². The zero-order valence-corrected chi connectivity index (χ0v) is 13.7. The summed E-state index contributed by atoms with van der Waals surface area (Å²) in [6, 6.07) is 9.67. The fourth-order valence-electron chi connectivity index (χ4n) is 2.79. The summed E-state index contributed by atoms with van der Waals surface area (Å²) in [5.74, 6) is 1.96. The van der Waals surface area contributed by atoms with Crippen LogP contribution in [-0.4, -0.2) is 40.7 Å². The zero-order valence-electron chi connectivity index (χ0n) is 13.7. The van der Waals surface area contributed by atoms with Gasteiger partial charge in [0.1, 0.15) is 29.6 Å². The molecule has 25 heavy (non-hydrogen) atoms. The topological polar surface area (TPSA) is 92.6 Å². The minimum absolute atomic E-state index is 0.224. The summed E-state index contributed by atoms with van der Waals surface area (Å²) in [7, 11) is 1.80. The quantitative estimate of drug-likeness (QED) is 0.623. The summed E-state index contributed by atoms with van der Waals surface area (Å²) in [5, 5.41) is 13.5. The van der Waals surface area contributed by atoms with E-state index in [-0.39, 0.29) is 5.91 Å². The molecule has 0 spiro atoms. The number of aromatic nitrogens is 3. The summed E-state index contributed by atoms with van der Waals surface area (Å²) < 4.78 is 7.42. The van der Waals surface area contributed by atoms with Gasteiger partial charge in [0.25, 0.3) is 5.91 Å². The maximum Gasteiger partial charge on any atom is 0.256 e. The number of hydrogen-bond acceptors (Lipinski definition) is 6. The van der Waals surface area contributed by atoms with Crippen molar-refractivity contribution in [2.24, 2.45) is 0 Å². The van der Waals surface area contributed by atoms with E-state index < -0.39 is 0 Å². The molecule has 0 atom stereocenters. The molecule has 0 saturated heterocycles. The molecule has 0 aliphatic carbocycles. The van der Waals surface area contributed by atoms with E-state index in [1.165, 1.54) is 6.20 Å². The van der Waals surface area contributed by atoms with Crippen LogP contribution >= 0.6 is 0 Å². The molecule has 1 aliphatic heterocycles. The van der Waals surface area contributed by atoms with Crippen LogP contribution in [0, 0.1) is 0 Å². The molecule has 3 heterocycles. The summed E-state index contributed by atoms with van der Waals surface area (Å²) in [6.45, 7) is 1.35. The molecule has 1 amide bonds. The van der Waals surface area contributed by atoms with Crippen molar-refractivity contribution in [2.45, 2.75) is 6.54 Å². The maximum atomic E-state index is 12.4. The number of amides is 1. The predicted molar refractivity (Wildman–Crippen MR) is 94.1 cm³/mol. The van der Waals surface area contributed by atoms with Crippen molar-refractivity contribution in [2.75, 3.05) is 30.8 Å². The van der Waals surface area contributed by atoms with Crippen molar-refractivity contribution in [3.8, 4) is 5.75 Å². The fraction of sp³-hybridized carbons (Fsp3) is 0.235. The molecule has 3 N–H and O–H groups in total. The number of carbonyl (C=O) groups is 1. The number of hydrogen-bond donors (Lipinski definition) is 3. The lowest BCUT2D eigenvalue weighted by Gasteiger charge is -2.13. The number of benzene rings is 1. The van der Waals surface area contributed by atoms with Crippen molar-refractivity contribution < 1.29 is 9.53 Å². The van der Waals surface area contributed by atoms with Crippen molar-refractivity contribution in [3.05, 3.63) is 47.7 Å². The van der Waals surface area contributed by atoms with Gasteiger partial charge in [0.15, 0.2) is 5.65 Å². The second kappa shape index (κ2) is 6.31. The van der Waals surface area contributed by atoms with E-state index >= 15 is 0 Å². The zero-order chi connectivity index (χ0) is 17.2. The van der Waals surface area contributed by atoms with Crippen LogP contribution in [0.4, 0.5) is 11.6 Å². The Morgan fingerprint density at radius 3 is 3.04 bits per heavy atom. The molecule has 0 saturated carbocycles. The van der Waals surface area contributed by atoms with Crippen LogP contribution in [0.15, 0.2) is 36.5 Å².